The number of benzene rings is 6. The first kappa shape index (κ1) is 60.1. The molecule has 0 saturated heterocycles. The van der Waals surface area contributed by atoms with Crippen molar-refractivity contribution in [2.75, 3.05) is 49.6 Å². The van der Waals surface area contributed by atoms with Crippen molar-refractivity contribution in [3.63, 3.8) is 0 Å². The Morgan fingerprint density at radius 2 is 1.46 bits per heavy atom. The lowest BCUT2D eigenvalue weighted by molar-refractivity contribution is -0.777. The summed E-state index contributed by atoms with van der Waals surface area (Å²) in [7, 11) is -11.8. The topological polar surface area (TPSA) is 229 Å². The van der Waals surface area contributed by atoms with Gasteiger partial charge in [0.1, 0.15) is 16.7 Å². The molecule has 0 aliphatic carbocycles. The van der Waals surface area contributed by atoms with Gasteiger partial charge in [0.15, 0.2) is 5.71 Å². The quantitative estimate of drug-likeness (QED) is 0.0107. The van der Waals surface area contributed by atoms with Crippen LogP contribution in [0, 0.1) is 6.92 Å². The minimum Gasteiger partial charge on any atom is -0.748 e. The van der Waals surface area contributed by atoms with Crippen LogP contribution in [0.4, 0.5) is 11.4 Å². The van der Waals surface area contributed by atoms with Crippen molar-refractivity contribution in [3.05, 3.63) is 179 Å². The lowest BCUT2D eigenvalue weighted by Crippen LogP contribution is -2.30. The third kappa shape index (κ3) is 13.2. The number of sulfonamides is 1. The van der Waals surface area contributed by atoms with Gasteiger partial charge in [0.05, 0.1) is 25.3 Å². The number of hydrogen-bond donors (Lipinski definition) is 1. The molecule has 6 aromatic rings. The van der Waals surface area contributed by atoms with Crippen LogP contribution in [0.1, 0.15) is 93.5 Å². The van der Waals surface area contributed by atoms with E-state index in [1.54, 1.807) is 25.1 Å². The molecule has 0 atom stereocenters. The highest BCUT2D eigenvalue weighted by Gasteiger charge is 2.46. The van der Waals surface area contributed by atoms with E-state index in [0.717, 1.165) is 62.5 Å². The van der Waals surface area contributed by atoms with Gasteiger partial charge in [-0.2, -0.15) is 8.91 Å². The average molecular weight is 1160 g/mol. The minimum absolute atomic E-state index is 0.0360. The molecule has 0 saturated carbocycles. The Balaban J connectivity index is 1.03. The first-order valence-corrected chi connectivity index (χ1v) is 31.7. The van der Waals surface area contributed by atoms with Crippen LogP contribution in [0.5, 0.6) is 0 Å². The predicted octanol–water partition coefficient (Wildman–Crippen LogP) is 9.31. The van der Waals surface area contributed by atoms with E-state index >= 15 is 0 Å². The van der Waals surface area contributed by atoms with Gasteiger partial charge in [-0.05, 0) is 115 Å². The Kier molecular flexibility index (Phi) is 18.8. The summed E-state index contributed by atoms with van der Waals surface area (Å²) in [6.45, 7) is 11.1. The first-order chi connectivity index (χ1) is 38.0. The molecule has 0 fully saturated rings. The molecule has 8 rings (SSSR count). The minimum atomic E-state index is -4.77. The largest absolute Gasteiger partial charge is 0.748 e. The number of nitrogens with zero attached hydrogens (tertiary/aromatic N) is 3. The van der Waals surface area contributed by atoms with E-state index in [1.165, 1.54) is 23.5 Å². The van der Waals surface area contributed by atoms with Crippen LogP contribution in [-0.4, -0.2) is 99.6 Å². The average Bonchev–Trinajstić information content (AvgIpc) is 4.02. The van der Waals surface area contributed by atoms with E-state index in [0.29, 0.717) is 59.8 Å². The monoisotopic (exact) mass is 1160 g/mol. The lowest BCUT2D eigenvalue weighted by atomic mass is 9.78. The van der Waals surface area contributed by atoms with E-state index in [-0.39, 0.29) is 47.5 Å². The maximum absolute atomic E-state index is 14.4. The summed E-state index contributed by atoms with van der Waals surface area (Å²) in [6, 6.07) is 35.8. The second kappa shape index (κ2) is 25.0. The highest BCUT2D eigenvalue weighted by atomic mass is 32.2. The van der Waals surface area contributed by atoms with E-state index in [4.69, 9.17) is 0 Å². The molecular formula is C60H66N4O12S4-2. The number of allylic oxidation sites excluding steroid dienone is 6. The van der Waals surface area contributed by atoms with Crippen LogP contribution in [0.3, 0.4) is 0 Å². The van der Waals surface area contributed by atoms with Gasteiger partial charge >= 0.3 is 0 Å². The summed E-state index contributed by atoms with van der Waals surface area (Å²) in [6.07, 6.45) is 11.2. The van der Waals surface area contributed by atoms with Gasteiger partial charge in [0.2, 0.25) is 21.6 Å². The normalized spacial score (nSPS) is 15.9. The van der Waals surface area contributed by atoms with E-state index in [9.17, 15) is 44.4 Å². The second-order valence-corrected chi connectivity index (χ2v) is 26.9. The van der Waals surface area contributed by atoms with Crippen LogP contribution in [-0.2, 0) is 55.3 Å². The summed E-state index contributed by atoms with van der Waals surface area (Å²) < 4.78 is 109. The molecule has 20 heteroatoms. The van der Waals surface area contributed by atoms with E-state index in [1.807, 2.05) is 124 Å². The summed E-state index contributed by atoms with van der Waals surface area (Å²) in [5, 5.41) is 19.7. The maximum Gasteiger partial charge on any atom is 0.243 e. The van der Waals surface area contributed by atoms with Gasteiger partial charge in [-0.25, -0.2) is 29.6 Å². The van der Waals surface area contributed by atoms with Gasteiger partial charge in [-0.15, -0.1) is 0 Å². The second-order valence-electron chi connectivity index (χ2n) is 21.2. The number of hydrogen-bond acceptors (Lipinski definition) is 14. The van der Waals surface area contributed by atoms with Crippen LogP contribution in [0.2, 0.25) is 0 Å². The fraction of sp³-hybridized carbons (Fsp3) is 0.333. The van der Waals surface area contributed by atoms with Crippen molar-refractivity contribution < 1.29 is 58.4 Å². The Hall–Kier alpha value is -6.04. The molecule has 0 spiro atoms. The lowest BCUT2D eigenvalue weighted by Gasteiger charge is -2.27. The molecule has 424 valence electrons. The molecule has 0 bridgehead atoms. The van der Waals surface area contributed by atoms with Crippen LogP contribution >= 0.6 is 12.0 Å². The fourth-order valence-corrected chi connectivity index (χ4v) is 14.3. The van der Waals surface area contributed by atoms with Gasteiger partial charge < -0.3 is 24.6 Å². The number of rotatable bonds is 25. The van der Waals surface area contributed by atoms with Crippen molar-refractivity contribution in [1.82, 2.24) is 9.62 Å². The standard InChI is InChI=1S/C60H68N4O12S4/c1-42-40-45(80(72,73)74)41-50-46(42)29-31-52-58(50)60(4,5)55(63(52)36-18-38-77-76-75-66)27-15-9-14-26-54-59(2,3)57-49-24-16-25-53(48(49)30-32-51(57)64(54)37-19-39-78(67,68)69)79(70,71)62(6)35-17-28-56(65)61-34-33-47(43-20-10-7-11-21-43)44-22-12-8-13-23-44/h7-16,20-27,29-32,40-41,47H,17-19,28,33-39H2,1-6H3,(H3-,61,65,66,67,68,69,72,73,74)/p-2. The van der Waals surface area contributed by atoms with Crippen molar-refractivity contribution in [2.24, 2.45) is 0 Å². The van der Waals surface area contributed by atoms with Crippen molar-refractivity contribution in [2.45, 2.75) is 93.3 Å². The number of carbonyl (C=O) groups is 1. The van der Waals surface area contributed by atoms with Crippen molar-refractivity contribution >= 4 is 86.8 Å². The molecule has 2 heterocycles. The molecule has 16 nitrogen and oxygen atoms in total. The number of amides is 1. The van der Waals surface area contributed by atoms with Crippen LogP contribution < -0.4 is 15.5 Å². The molecule has 0 radical (unpaired) electrons. The summed E-state index contributed by atoms with van der Waals surface area (Å²) in [4.78, 5) is 14.9. The Labute approximate surface area is 474 Å². The molecule has 80 heavy (non-hydrogen) atoms. The van der Waals surface area contributed by atoms with Crippen molar-refractivity contribution in [3.8, 4) is 0 Å². The molecule has 1 N–H and O–H groups in total. The molecule has 0 unspecified atom stereocenters. The number of carbonyl (C=O) groups excluding carboxylic acids is 1. The van der Waals surface area contributed by atoms with Gasteiger partial charge in [-0.3, -0.25) is 9.83 Å². The molecular weight excluding hydrogens is 1100 g/mol. The number of anilines is 1. The molecule has 6 aromatic carbocycles. The van der Waals surface area contributed by atoms with Gasteiger partial charge in [0.25, 0.3) is 0 Å². The zero-order chi connectivity index (χ0) is 57.6. The Morgan fingerprint density at radius 3 is 2.12 bits per heavy atom. The van der Waals surface area contributed by atoms with Crippen molar-refractivity contribution in [1.29, 1.82) is 0 Å². The Morgan fingerprint density at radius 1 is 0.775 bits per heavy atom. The van der Waals surface area contributed by atoms with Gasteiger partial charge in [-0.1, -0.05) is 111 Å². The third-order valence-electron chi connectivity index (χ3n) is 15.2. The molecule has 0 aromatic heterocycles. The summed E-state index contributed by atoms with van der Waals surface area (Å²) >= 11 is 0.877. The smallest absolute Gasteiger partial charge is 0.243 e. The van der Waals surface area contributed by atoms with E-state index < -0.39 is 46.8 Å². The zero-order valence-electron chi connectivity index (χ0n) is 45.6. The summed E-state index contributed by atoms with van der Waals surface area (Å²) in [5.41, 5.74) is 6.41. The third-order valence-corrected chi connectivity index (χ3v) is 19.3. The van der Waals surface area contributed by atoms with Crippen LogP contribution in [0.15, 0.2) is 161 Å². The highest BCUT2D eigenvalue weighted by Crippen LogP contribution is 2.52. The SMILES string of the molecule is Cc1cc(S(=O)(=O)[O-])cc2c3c(ccc12)[N+](CCCSOO[O-])=C(C=CC=CC=C1N(CCCS(=O)(=O)[O-])c2ccc4c(S(=O)(=O)N(C)CCCC(=O)NCCC(c5ccccc5)c5ccccc5)cccc4c2C1(C)C)C3(C)C. The first-order valence-electron chi connectivity index (χ1n) is 26.4. The fourth-order valence-electron chi connectivity index (χ4n) is 11.5. The van der Waals surface area contributed by atoms with E-state index in [2.05, 4.69) is 43.5 Å². The number of aryl methyl sites for hydroxylation is 1. The molecule has 2 aliphatic rings. The number of fused-ring (bicyclic) bond motifs is 6. The zero-order valence-corrected chi connectivity index (χ0v) is 48.9. The van der Waals surface area contributed by atoms with Crippen LogP contribution in [0.25, 0.3) is 21.5 Å². The number of nitrogens with one attached hydrogen (secondary N) is 1. The maximum atomic E-state index is 14.4. The highest BCUT2D eigenvalue weighted by molar-refractivity contribution is 7.94. The summed E-state index contributed by atoms with van der Waals surface area (Å²) in [5.74, 6) is -0.209. The molecule has 2 aliphatic heterocycles. The van der Waals surface area contributed by atoms with Gasteiger partial charge in [0, 0.05) is 109 Å². The Bertz CT molecular complexity index is 3710. The predicted molar refractivity (Wildman–Crippen MR) is 310 cm³/mol. The molecule has 1 amide bonds.